The zero-order valence-corrected chi connectivity index (χ0v) is 11.0. The quantitative estimate of drug-likeness (QED) is 0.841. The number of rotatable bonds is 3. The van der Waals surface area contributed by atoms with Gasteiger partial charge in [0.2, 0.25) is 0 Å². The summed E-state index contributed by atoms with van der Waals surface area (Å²) in [5.74, 6) is 0.689. The summed E-state index contributed by atoms with van der Waals surface area (Å²) in [7, 11) is 0. The minimum absolute atomic E-state index is 0.328. The highest BCUT2D eigenvalue weighted by molar-refractivity contribution is 6.29. The molecule has 0 spiro atoms. The van der Waals surface area contributed by atoms with E-state index in [2.05, 4.69) is 16.8 Å². The summed E-state index contributed by atoms with van der Waals surface area (Å²) in [6, 6.07) is 4.23. The van der Waals surface area contributed by atoms with Gasteiger partial charge in [-0.25, -0.2) is 4.98 Å². The highest BCUT2D eigenvalue weighted by Gasteiger charge is 2.21. The van der Waals surface area contributed by atoms with E-state index in [-0.39, 0.29) is 0 Å². The highest BCUT2D eigenvalue weighted by Crippen LogP contribution is 2.21. The van der Waals surface area contributed by atoms with Crippen molar-refractivity contribution in [3.8, 4) is 0 Å². The molecule has 0 aromatic carbocycles. The lowest BCUT2D eigenvalue weighted by Crippen LogP contribution is -2.39. The van der Waals surface area contributed by atoms with Gasteiger partial charge in [0.25, 0.3) is 0 Å². The number of piperidine rings is 1. The van der Waals surface area contributed by atoms with E-state index in [9.17, 15) is 0 Å². The fourth-order valence-electron chi connectivity index (χ4n) is 2.40. The first-order valence-corrected chi connectivity index (χ1v) is 6.61. The summed E-state index contributed by atoms with van der Waals surface area (Å²) >= 11 is 5.77. The Morgan fingerprint density at radius 1 is 1.47 bits per heavy atom. The van der Waals surface area contributed by atoms with Crippen LogP contribution in [0.5, 0.6) is 0 Å². The monoisotopic (exact) mass is 253 g/mol. The molecule has 4 heteroatoms. The first-order chi connectivity index (χ1) is 8.15. The Morgan fingerprint density at radius 3 is 2.71 bits per heavy atom. The highest BCUT2D eigenvalue weighted by atomic mass is 35.5. The van der Waals surface area contributed by atoms with Crippen LogP contribution in [0.4, 0.5) is 0 Å². The van der Waals surface area contributed by atoms with Crippen molar-refractivity contribution < 1.29 is 0 Å². The second kappa shape index (κ2) is 5.80. The molecular formula is C13H20ClN3. The molecule has 2 N–H and O–H groups in total. The Labute approximate surface area is 108 Å². The smallest absolute Gasteiger partial charge is 0.129 e. The SMILES string of the molecule is CC(N)C1CCN(Cc2ccc(Cl)nc2)CC1. The molecule has 1 saturated heterocycles. The van der Waals surface area contributed by atoms with Crippen LogP contribution in [0.25, 0.3) is 0 Å². The number of aromatic nitrogens is 1. The lowest BCUT2D eigenvalue weighted by molar-refractivity contribution is 0.165. The summed E-state index contributed by atoms with van der Waals surface area (Å²) in [5.41, 5.74) is 7.17. The zero-order chi connectivity index (χ0) is 12.3. The molecule has 0 saturated carbocycles. The molecule has 1 aliphatic heterocycles. The average molecular weight is 254 g/mol. The maximum absolute atomic E-state index is 5.94. The van der Waals surface area contributed by atoms with Crippen molar-refractivity contribution >= 4 is 11.6 Å². The Kier molecular flexibility index (Phi) is 4.37. The van der Waals surface area contributed by atoms with Gasteiger partial charge in [-0.15, -0.1) is 0 Å². The van der Waals surface area contributed by atoms with Crippen LogP contribution >= 0.6 is 11.6 Å². The molecule has 1 aromatic heterocycles. The standard InChI is InChI=1S/C13H20ClN3/c1-10(15)12-4-6-17(7-5-12)9-11-2-3-13(14)16-8-11/h2-3,8,10,12H,4-7,9,15H2,1H3. The fourth-order valence-corrected chi connectivity index (χ4v) is 2.51. The summed E-state index contributed by atoms with van der Waals surface area (Å²) in [6.07, 6.45) is 4.28. The van der Waals surface area contributed by atoms with Crippen LogP contribution in [0, 0.1) is 5.92 Å². The number of likely N-dealkylation sites (tertiary alicyclic amines) is 1. The molecule has 17 heavy (non-hydrogen) atoms. The lowest BCUT2D eigenvalue weighted by Gasteiger charge is -2.33. The number of nitrogens with zero attached hydrogens (tertiary/aromatic N) is 2. The van der Waals surface area contributed by atoms with Crippen molar-refractivity contribution in [2.75, 3.05) is 13.1 Å². The first kappa shape index (κ1) is 12.8. The summed E-state index contributed by atoms with van der Waals surface area (Å²) in [5, 5.41) is 0.560. The Bertz CT molecular complexity index is 342. The molecule has 0 bridgehead atoms. The molecule has 2 heterocycles. The van der Waals surface area contributed by atoms with Crippen molar-refractivity contribution in [3.63, 3.8) is 0 Å². The predicted octanol–water partition coefficient (Wildman–Crippen LogP) is 2.29. The minimum Gasteiger partial charge on any atom is -0.328 e. The van der Waals surface area contributed by atoms with Crippen molar-refractivity contribution in [1.29, 1.82) is 0 Å². The molecule has 94 valence electrons. The van der Waals surface area contributed by atoms with Gasteiger partial charge in [-0.1, -0.05) is 17.7 Å². The zero-order valence-electron chi connectivity index (χ0n) is 10.3. The van der Waals surface area contributed by atoms with Gasteiger partial charge in [-0.3, -0.25) is 4.90 Å². The third-order valence-corrected chi connectivity index (χ3v) is 3.79. The predicted molar refractivity (Wildman–Crippen MR) is 70.9 cm³/mol. The van der Waals surface area contributed by atoms with Gasteiger partial charge in [-0.05, 0) is 50.4 Å². The number of halogens is 1. The minimum atomic E-state index is 0.328. The Hall–Kier alpha value is -0.640. The van der Waals surface area contributed by atoms with E-state index >= 15 is 0 Å². The van der Waals surface area contributed by atoms with Crippen LogP contribution in [-0.2, 0) is 6.54 Å². The van der Waals surface area contributed by atoms with Crippen molar-refractivity contribution in [2.24, 2.45) is 11.7 Å². The van der Waals surface area contributed by atoms with Gasteiger partial charge in [0.15, 0.2) is 0 Å². The van der Waals surface area contributed by atoms with Crippen LogP contribution < -0.4 is 5.73 Å². The normalized spacial score (nSPS) is 20.4. The van der Waals surface area contributed by atoms with Crippen LogP contribution in [0.2, 0.25) is 5.15 Å². The average Bonchev–Trinajstić information content (AvgIpc) is 2.33. The molecular weight excluding hydrogens is 234 g/mol. The molecule has 1 fully saturated rings. The number of hydrogen-bond acceptors (Lipinski definition) is 3. The van der Waals surface area contributed by atoms with Gasteiger partial charge < -0.3 is 5.73 Å². The largest absolute Gasteiger partial charge is 0.328 e. The van der Waals surface area contributed by atoms with Gasteiger partial charge in [0.1, 0.15) is 5.15 Å². The van der Waals surface area contributed by atoms with Gasteiger partial charge in [0.05, 0.1) is 0 Å². The third-order valence-electron chi connectivity index (χ3n) is 3.57. The second-order valence-electron chi connectivity index (χ2n) is 4.96. The van der Waals surface area contributed by atoms with E-state index in [1.807, 2.05) is 18.3 Å². The molecule has 1 aliphatic rings. The number of nitrogens with two attached hydrogens (primary N) is 1. The van der Waals surface area contributed by atoms with Crippen LogP contribution in [-0.4, -0.2) is 29.0 Å². The molecule has 0 aliphatic carbocycles. The van der Waals surface area contributed by atoms with Crippen molar-refractivity contribution in [2.45, 2.75) is 32.4 Å². The summed E-state index contributed by atoms with van der Waals surface area (Å²) in [4.78, 5) is 6.57. The van der Waals surface area contributed by atoms with E-state index in [4.69, 9.17) is 17.3 Å². The summed E-state index contributed by atoms with van der Waals surface area (Å²) < 4.78 is 0. The molecule has 1 aromatic rings. The Morgan fingerprint density at radius 2 is 2.18 bits per heavy atom. The maximum Gasteiger partial charge on any atom is 0.129 e. The molecule has 0 radical (unpaired) electrons. The van der Waals surface area contributed by atoms with Gasteiger partial charge in [-0.2, -0.15) is 0 Å². The lowest BCUT2D eigenvalue weighted by atomic mass is 9.91. The number of hydrogen-bond donors (Lipinski definition) is 1. The van der Waals surface area contributed by atoms with Crippen molar-refractivity contribution in [3.05, 3.63) is 29.0 Å². The molecule has 1 unspecified atom stereocenters. The number of pyridine rings is 1. The summed E-state index contributed by atoms with van der Waals surface area (Å²) in [6.45, 7) is 5.35. The van der Waals surface area contributed by atoms with E-state index in [1.54, 1.807) is 0 Å². The van der Waals surface area contributed by atoms with Gasteiger partial charge >= 0.3 is 0 Å². The van der Waals surface area contributed by atoms with Crippen LogP contribution in [0.3, 0.4) is 0 Å². The van der Waals surface area contributed by atoms with Gasteiger partial charge in [0, 0.05) is 18.8 Å². The van der Waals surface area contributed by atoms with E-state index < -0.39 is 0 Å². The maximum atomic E-state index is 5.94. The topological polar surface area (TPSA) is 42.1 Å². The van der Waals surface area contributed by atoms with Crippen molar-refractivity contribution in [1.82, 2.24) is 9.88 Å². The molecule has 2 rings (SSSR count). The van der Waals surface area contributed by atoms with E-state index in [1.165, 1.54) is 18.4 Å². The first-order valence-electron chi connectivity index (χ1n) is 6.23. The fraction of sp³-hybridized carbons (Fsp3) is 0.615. The van der Waals surface area contributed by atoms with Crippen LogP contribution in [0.15, 0.2) is 18.3 Å². The third kappa shape index (κ3) is 3.66. The van der Waals surface area contributed by atoms with E-state index in [0.717, 1.165) is 19.6 Å². The second-order valence-corrected chi connectivity index (χ2v) is 5.35. The molecule has 3 nitrogen and oxygen atoms in total. The van der Waals surface area contributed by atoms with Crippen LogP contribution in [0.1, 0.15) is 25.3 Å². The molecule has 0 amide bonds. The molecule has 1 atom stereocenters. The Balaban J connectivity index is 1.84. The van der Waals surface area contributed by atoms with E-state index in [0.29, 0.717) is 17.1 Å².